The molecule has 4 heteroatoms. The van der Waals surface area contributed by atoms with Gasteiger partial charge in [-0.1, -0.05) is 29.5 Å². The third kappa shape index (κ3) is 3.95. The number of nitrogens with one attached hydrogen (secondary N) is 1. The lowest BCUT2D eigenvalue weighted by Gasteiger charge is -2.03. The molecule has 2 N–H and O–H groups in total. The summed E-state index contributed by atoms with van der Waals surface area (Å²) in [4.78, 5) is 13.5. The lowest BCUT2D eigenvalue weighted by Crippen LogP contribution is -2.09. The van der Waals surface area contributed by atoms with Gasteiger partial charge in [-0.2, -0.15) is 0 Å². The quantitative estimate of drug-likeness (QED) is 0.852. The van der Waals surface area contributed by atoms with Crippen LogP contribution >= 0.6 is 11.3 Å². The second kappa shape index (κ2) is 6.90. The third-order valence-electron chi connectivity index (χ3n) is 2.59. The number of aryl methyl sites for hydroxylation is 1. The van der Waals surface area contributed by atoms with Crippen molar-refractivity contribution < 1.29 is 9.90 Å². The van der Waals surface area contributed by atoms with E-state index in [2.05, 4.69) is 17.2 Å². The molecule has 1 aromatic heterocycles. The van der Waals surface area contributed by atoms with Gasteiger partial charge in [-0.05, 0) is 31.2 Å². The fourth-order valence-electron chi connectivity index (χ4n) is 1.56. The first-order valence-electron chi connectivity index (χ1n) is 6.26. The minimum absolute atomic E-state index is 0.0547. The standard InChI is InChI=1S/C16H15NO2S/c1-12-5-7-13(8-6-12)17-16(19)15-10-9-14(20-15)4-2-3-11-18/h5-10,18H,3,11H2,1H3,(H,17,19). The average Bonchev–Trinajstić information content (AvgIpc) is 2.91. The molecule has 0 atom stereocenters. The molecule has 0 unspecified atom stereocenters. The summed E-state index contributed by atoms with van der Waals surface area (Å²) in [5.41, 5.74) is 1.93. The van der Waals surface area contributed by atoms with Crippen LogP contribution in [-0.4, -0.2) is 17.6 Å². The van der Waals surface area contributed by atoms with Crippen LogP contribution in [0.25, 0.3) is 0 Å². The molecular weight excluding hydrogens is 270 g/mol. The van der Waals surface area contributed by atoms with Gasteiger partial charge in [-0.3, -0.25) is 4.79 Å². The van der Waals surface area contributed by atoms with E-state index in [0.29, 0.717) is 11.3 Å². The van der Waals surface area contributed by atoms with Gasteiger partial charge in [0.2, 0.25) is 0 Å². The first kappa shape index (κ1) is 14.3. The van der Waals surface area contributed by atoms with Gasteiger partial charge < -0.3 is 10.4 Å². The topological polar surface area (TPSA) is 49.3 Å². The zero-order valence-corrected chi connectivity index (χ0v) is 12.0. The van der Waals surface area contributed by atoms with E-state index in [9.17, 15) is 4.79 Å². The predicted octanol–water partition coefficient (Wildman–Crippen LogP) is 3.04. The van der Waals surface area contributed by atoms with Crippen molar-refractivity contribution in [2.45, 2.75) is 13.3 Å². The summed E-state index contributed by atoms with van der Waals surface area (Å²) < 4.78 is 0. The maximum Gasteiger partial charge on any atom is 0.265 e. The largest absolute Gasteiger partial charge is 0.395 e. The van der Waals surface area contributed by atoms with Gasteiger partial charge in [-0.15, -0.1) is 11.3 Å². The van der Waals surface area contributed by atoms with Crippen molar-refractivity contribution in [3.63, 3.8) is 0 Å². The Balaban J connectivity index is 2.03. The van der Waals surface area contributed by atoms with Crippen LogP contribution in [0, 0.1) is 18.8 Å². The third-order valence-corrected chi connectivity index (χ3v) is 3.59. The van der Waals surface area contributed by atoms with Crippen LogP contribution in [0.15, 0.2) is 36.4 Å². The normalized spacial score (nSPS) is 9.70. The van der Waals surface area contributed by atoms with E-state index >= 15 is 0 Å². The number of carbonyl (C=O) groups excluding carboxylic acids is 1. The summed E-state index contributed by atoms with van der Waals surface area (Å²) in [6, 6.07) is 11.2. The Labute approximate surface area is 122 Å². The summed E-state index contributed by atoms with van der Waals surface area (Å²) in [5.74, 6) is 5.63. The van der Waals surface area contributed by atoms with Crippen molar-refractivity contribution in [3.05, 3.63) is 51.7 Å². The van der Waals surface area contributed by atoms with Crippen LogP contribution in [0.1, 0.15) is 26.5 Å². The second-order valence-electron chi connectivity index (χ2n) is 4.26. The maximum atomic E-state index is 12.1. The number of hydrogen-bond donors (Lipinski definition) is 2. The number of hydrogen-bond acceptors (Lipinski definition) is 3. The number of amides is 1. The fourth-order valence-corrected chi connectivity index (χ4v) is 2.34. The van der Waals surface area contributed by atoms with E-state index in [1.54, 1.807) is 6.07 Å². The van der Waals surface area contributed by atoms with Crippen LogP contribution in [0.2, 0.25) is 0 Å². The number of aliphatic hydroxyl groups is 1. The molecule has 1 heterocycles. The molecule has 0 aliphatic heterocycles. The van der Waals surface area contributed by atoms with Crippen LogP contribution in [0.4, 0.5) is 5.69 Å². The van der Waals surface area contributed by atoms with E-state index in [0.717, 1.165) is 16.1 Å². The minimum atomic E-state index is -0.130. The molecule has 0 fully saturated rings. The Morgan fingerprint density at radius 2 is 2.00 bits per heavy atom. The molecular formula is C16H15NO2S. The molecule has 1 aromatic carbocycles. The molecule has 0 spiro atoms. The van der Waals surface area contributed by atoms with E-state index in [4.69, 9.17) is 5.11 Å². The van der Waals surface area contributed by atoms with E-state index in [1.165, 1.54) is 11.3 Å². The van der Waals surface area contributed by atoms with Gasteiger partial charge in [0.15, 0.2) is 0 Å². The van der Waals surface area contributed by atoms with Gasteiger partial charge >= 0.3 is 0 Å². The molecule has 0 aliphatic carbocycles. The second-order valence-corrected chi connectivity index (χ2v) is 5.34. The zero-order valence-electron chi connectivity index (χ0n) is 11.1. The van der Waals surface area contributed by atoms with Crippen molar-refractivity contribution in [3.8, 4) is 11.8 Å². The van der Waals surface area contributed by atoms with Crippen LogP contribution in [0.5, 0.6) is 0 Å². The summed E-state index contributed by atoms with van der Waals surface area (Å²) in [5, 5.41) is 11.5. The lowest BCUT2D eigenvalue weighted by molar-refractivity contribution is 0.103. The van der Waals surface area contributed by atoms with Crippen molar-refractivity contribution >= 4 is 22.9 Å². The smallest absolute Gasteiger partial charge is 0.265 e. The highest BCUT2D eigenvalue weighted by atomic mass is 32.1. The molecule has 0 saturated heterocycles. The van der Waals surface area contributed by atoms with Crippen molar-refractivity contribution in [2.75, 3.05) is 11.9 Å². The lowest BCUT2D eigenvalue weighted by atomic mass is 10.2. The number of anilines is 1. The van der Waals surface area contributed by atoms with Crippen LogP contribution in [0.3, 0.4) is 0 Å². The minimum Gasteiger partial charge on any atom is -0.395 e. The zero-order chi connectivity index (χ0) is 14.4. The molecule has 0 aliphatic rings. The Morgan fingerprint density at radius 3 is 2.70 bits per heavy atom. The summed E-state index contributed by atoms with van der Waals surface area (Å²) in [6.45, 7) is 2.06. The molecule has 0 bridgehead atoms. The highest BCUT2D eigenvalue weighted by Crippen LogP contribution is 2.18. The Bertz CT molecular complexity index is 647. The number of rotatable bonds is 3. The molecule has 0 saturated carbocycles. The molecule has 1 amide bonds. The van der Waals surface area contributed by atoms with Gasteiger partial charge in [-0.25, -0.2) is 0 Å². The van der Waals surface area contributed by atoms with Gasteiger partial charge in [0.25, 0.3) is 5.91 Å². The van der Waals surface area contributed by atoms with E-state index < -0.39 is 0 Å². The number of benzene rings is 1. The van der Waals surface area contributed by atoms with E-state index in [1.807, 2.05) is 37.3 Å². The van der Waals surface area contributed by atoms with Crippen LogP contribution in [-0.2, 0) is 0 Å². The van der Waals surface area contributed by atoms with Crippen LogP contribution < -0.4 is 5.32 Å². The predicted molar refractivity (Wildman–Crippen MR) is 82.0 cm³/mol. The molecule has 102 valence electrons. The van der Waals surface area contributed by atoms with E-state index in [-0.39, 0.29) is 12.5 Å². The summed E-state index contributed by atoms with van der Waals surface area (Å²) in [7, 11) is 0. The number of carbonyl (C=O) groups is 1. The summed E-state index contributed by atoms with van der Waals surface area (Å²) in [6.07, 6.45) is 0.447. The SMILES string of the molecule is Cc1ccc(NC(=O)c2ccc(C#CCCO)s2)cc1. The average molecular weight is 285 g/mol. The molecule has 2 aromatic rings. The van der Waals surface area contributed by atoms with Crippen molar-refractivity contribution in [1.29, 1.82) is 0 Å². The number of thiophene rings is 1. The highest BCUT2D eigenvalue weighted by Gasteiger charge is 2.08. The maximum absolute atomic E-state index is 12.1. The van der Waals surface area contributed by atoms with Crippen molar-refractivity contribution in [1.82, 2.24) is 0 Å². The number of aliphatic hydroxyl groups excluding tert-OH is 1. The molecule has 2 rings (SSSR count). The fraction of sp³-hybridized carbons (Fsp3) is 0.188. The van der Waals surface area contributed by atoms with Gasteiger partial charge in [0.1, 0.15) is 0 Å². The monoisotopic (exact) mass is 285 g/mol. The molecule has 3 nitrogen and oxygen atoms in total. The summed E-state index contributed by atoms with van der Waals surface area (Å²) >= 11 is 1.35. The Morgan fingerprint density at radius 1 is 1.25 bits per heavy atom. The molecule has 20 heavy (non-hydrogen) atoms. The van der Waals surface area contributed by atoms with Gasteiger partial charge in [0.05, 0.1) is 16.4 Å². The Hall–Kier alpha value is -2.09. The Kier molecular flexibility index (Phi) is 4.94. The van der Waals surface area contributed by atoms with Crippen molar-refractivity contribution in [2.24, 2.45) is 0 Å². The first-order chi connectivity index (χ1) is 9.69. The molecule has 0 radical (unpaired) electrons. The first-order valence-corrected chi connectivity index (χ1v) is 7.08. The highest BCUT2D eigenvalue weighted by molar-refractivity contribution is 7.14. The van der Waals surface area contributed by atoms with Gasteiger partial charge in [0, 0.05) is 12.1 Å².